The maximum atomic E-state index is 10.1. The highest BCUT2D eigenvalue weighted by atomic mass is 32.1. The fourth-order valence-electron chi connectivity index (χ4n) is 2.70. The molecule has 1 aliphatic rings. The van der Waals surface area contributed by atoms with Gasteiger partial charge in [-0.25, -0.2) is 0 Å². The molecule has 0 saturated heterocycles. The van der Waals surface area contributed by atoms with E-state index in [-0.39, 0.29) is 12.1 Å². The third-order valence-electron chi connectivity index (χ3n) is 3.82. The van der Waals surface area contributed by atoms with Crippen LogP contribution in [0.3, 0.4) is 0 Å². The molecule has 1 aromatic rings. The number of thiocarbonyl (C=S) groups is 1. The van der Waals surface area contributed by atoms with Crippen LogP contribution in [-0.4, -0.2) is 22.2 Å². The number of nitrogens with one attached hydrogen (secondary N) is 1. The van der Waals surface area contributed by atoms with Crippen molar-refractivity contribution in [1.82, 2.24) is 0 Å². The summed E-state index contributed by atoms with van der Waals surface area (Å²) < 4.78 is 0. The SMILES string of the molecule is Cc1cc(NC2CCCCCC2O)ccc1C(N)=S. The second kappa shape index (κ2) is 6.35. The van der Waals surface area contributed by atoms with Crippen LogP contribution in [0, 0.1) is 6.92 Å². The molecule has 4 heteroatoms. The van der Waals surface area contributed by atoms with Gasteiger partial charge in [-0.15, -0.1) is 0 Å². The largest absolute Gasteiger partial charge is 0.391 e. The average Bonchev–Trinajstić information content (AvgIpc) is 2.55. The number of hydrogen-bond acceptors (Lipinski definition) is 3. The van der Waals surface area contributed by atoms with E-state index >= 15 is 0 Å². The Labute approximate surface area is 120 Å². The molecule has 0 spiro atoms. The van der Waals surface area contributed by atoms with E-state index in [0.717, 1.165) is 36.1 Å². The van der Waals surface area contributed by atoms with Crippen molar-refractivity contribution in [2.45, 2.75) is 51.2 Å². The van der Waals surface area contributed by atoms with Crippen LogP contribution in [0.2, 0.25) is 0 Å². The fraction of sp³-hybridized carbons (Fsp3) is 0.533. The highest BCUT2D eigenvalue weighted by Crippen LogP contribution is 2.23. The molecule has 0 aliphatic heterocycles. The predicted octanol–water partition coefficient (Wildman–Crippen LogP) is 2.73. The number of aryl methyl sites for hydroxylation is 1. The van der Waals surface area contributed by atoms with Gasteiger partial charge in [0.15, 0.2) is 0 Å². The first kappa shape index (κ1) is 14.3. The van der Waals surface area contributed by atoms with Crippen LogP contribution in [0.1, 0.15) is 43.2 Å². The van der Waals surface area contributed by atoms with Gasteiger partial charge in [0.25, 0.3) is 0 Å². The minimum Gasteiger partial charge on any atom is -0.391 e. The van der Waals surface area contributed by atoms with Crippen molar-refractivity contribution in [3.05, 3.63) is 29.3 Å². The van der Waals surface area contributed by atoms with Crippen LogP contribution in [0.4, 0.5) is 5.69 Å². The molecule has 0 amide bonds. The molecular weight excluding hydrogens is 256 g/mol. The van der Waals surface area contributed by atoms with Gasteiger partial charge in [0.05, 0.1) is 12.1 Å². The average molecular weight is 278 g/mol. The molecule has 1 aromatic carbocycles. The van der Waals surface area contributed by atoms with Gasteiger partial charge in [-0.1, -0.05) is 31.5 Å². The molecule has 104 valence electrons. The molecule has 3 nitrogen and oxygen atoms in total. The molecule has 1 saturated carbocycles. The summed E-state index contributed by atoms with van der Waals surface area (Å²) in [4.78, 5) is 0.429. The minimum atomic E-state index is -0.252. The summed E-state index contributed by atoms with van der Waals surface area (Å²) in [6, 6.07) is 6.13. The Morgan fingerprint density at radius 3 is 2.74 bits per heavy atom. The Bertz CT molecular complexity index is 461. The molecule has 4 N–H and O–H groups in total. The van der Waals surface area contributed by atoms with Crippen molar-refractivity contribution in [2.24, 2.45) is 5.73 Å². The van der Waals surface area contributed by atoms with E-state index in [4.69, 9.17) is 18.0 Å². The van der Waals surface area contributed by atoms with Crippen LogP contribution in [0.25, 0.3) is 0 Å². The van der Waals surface area contributed by atoms with Gasteiger partial charge in [0, 0.05) is 11.3 Å². The minimum absolute atomic E-state index is 0.151. The lowest BCUT2D eigenvalue weighted by atomic mass is 10.0. The summed E-state index contributed by atoms with van der Waals surface area (Å²) in [6.07, 6.45) is 5.18. The standard InChI is InChI=1S/C15H22N2OS/c1-10-9-11(7-8-12(10)15(16)19)17-13-5-3-2-4-6-14(13)18/h7-9,13-14,17-18H,2-6H2,1H3,(H2,16,19). The van der Waals surface area contributed by atoms with E-state index in [9.17, 15) is 5.11 Å². The zero-order valence-corrected chi connectivity index (χ0v) is 12.2. The van der Waals surface area contributed by atoms with E-state index in [0.29, 0.717) is 4.99 Å². The highest BCUT2D eigenvalue weighted by Gasteiger charge is 2.21. The summed E-state index contributed by atoms with van der Waals surface area (Å²) in [6.45, 7) is 2.00. The van der Waals surface area contributed by atoms with Crippen molar-refractivity contribution in [3.63, 3.8) is 0 Å². The first-order valence-corrected chi connectivity index (χ1v) is 7.34. The van der Waals surface area contributed by atoms with E-state index in [2.05, 4.69) is 5.32 Å². The molecule has 0 radical (unpaired) electrons. The highest BCUT2D eigenvalue weighted by molar-refractivity contribution is 7.80. The molecule has 2 atom stereocenters. The summed E-state index contributed by atoms with van der Waals surface area (Å²) in [5.74, 6) is 0. The van der Waals surface area contributed by atoms with Crippen LogP contribution in [0.5, 0.6) is 0 Å². The van der Waals surface area contributed by atoms with E-state index in [1.165, 1.54) is 12.8 Å². The summed E-state index contributed by atoms with van der Waals surface area (Å²) in [7, 11) is 0. The Hall–Kier alpha value is -1.13. The predicted molar refractivity (Wildman–Crippen MR) is 83.6 cm³/mol. The summed E-state index contributed by atoms with van der Waals surface area (Å²) in [5.41, 5.74) is 8.68. The quantitative estimate of drug-likeness (QED) is 0.588. The van der Waals surface area contributed by atoms with E-state index in [1.54, 1.807) is 0 Å². The molecule has 2 unspecified atom stereocenters. The number of benzene rings is 1. The lowest BCUT2D eigenvalue weighted by molar-refractivity contribution is 0.144. The van der Waals surface area contributed by atoms with Gasteiger partial charge >= 0.3 is 0 Å². The number of rotatable bonds is 3. The number of aliphatic hydroxyl groups is 1. The first-order chi connectivity index (χ1) is 9.08. The lowest BCUT2D eigenvalue weighted by Gasteiger charge is -2.23. The maximum absolute atomic E-state index is 10.1. The Morgan fingerprint density at radius 1 is 1.32 bits per heavy atom. The number of hydrogen-bond donors (Lipinski definition) is 3. The summed E-state index contributed by atoms with van der Waals surface area (Å²) >= 11 is 5.01. The first-order valence-electron chi connectivity index (χ1n) is 6.93. The molecule has 2 rings (SSSR count). The molecule has 19 heavy (non-hydrogen) atoms. The van der Waals surface area contributed by atoms with Crippen molar-refractivity contribution < 1.29 is 5.11 Å². The second-order valence-electron chi connectivity index (χ2n) is 5.35. The van der Waals surface area contributed by atoms with Crippen LogP contribution in [-0.2, 0) is 0 Å². The molecule has 0 aromatic heterocycles. The maximum Gasteiger partial charge on any atom is 0.104 e. The third kappa shape index (κ3) is 3.67. The molecule has 0 heterocycles. The van der Waals surface area contributed by atoms with E-state index in [1.807, 2.05) is 25.1 Å². The monoisotopic (exact) mass is 278 g/mol. The number of nitrogens with two attached hydrogens (primary N) is 1. The van der Waals surface area contributed by atoms with Crippen molar-refractivity contribution in [1.29, 1.82) is 0 Å². The van der Waals surface area contributed by atoms with Gasteiger partial charge in [0.2, 0.25) is 0 Å². The van der Waals surface area contributed by atoms with Gasteiger partial charge in [-0.05, 0) is 43.5 Å². The number of aliphatic hydroxyl groups excluding tert-OH is 1. The third-order valence-corrected chi connectivity index (χ3v) is 4.04. The van der Waals surface area contributed by atoms with Crippen LogP contribution < -0.4 is 11.1 Å². The zero-order valence-electron chi connectivity index (χ0n) is 11.4. The fourth-order valence-corrected chi connectivity index (χ4v) is 2.93. The topological polar surface area (TPSA) is 58.3 Å². The van der Waals surface area contributed by atoms with Crippen LogP contribution in [0.15, 0.2) is 18.2 Å². The van der Waals surface area contributed by atoms with Gasteiger partial charge in [0.1, 0.15) is 4.99 Å². The molecule has 0 bridgehead atoms. The van der Waals surface area contributed by atoms with Crippen molar-refractivity contribution >= 4 is 22.9 Å². The Morgan fingerprint density at radius 2 is 2.05 bits per heavy atom. The molecule has 1 fully saturated rings. The number of anilines is 1. The molecule has 1 aliphatic carbocycles. The van der Waals surface area contributed by atoms with Gasteiger partial charge in [-0.3, -0.25) is 0 Å². The smallest absolute Gasteiger partial charge is 0.104 e. The Balaban J connectivity index is 2.10. The lowest BCUT2D eigenvalue weighted by Crippen LogP contribution is -2.32. The zero-order chi connectivity index (χ0) is 13.8. The van der Waals surface area contributed by atoms with Crippen molar-refractivity contribution in [2.75, 3.05) is 5.32 Å². The Kier molecular flexibility index (Phi) is 4.77. The normalized spacial score (nSPS) is 23.7. The van der Waals surface area contributed by atoms with Crippen LogP contribution >= 0.6 is 12.2 Å². The summed E-state index contributed by atoms with van der Waals surface area (Å²) in [5, 5.41) is 13.6. The molecular formula is C15H22N2OS. The van der Waals surface area contributed by atoms with Gasteiger partial charge in [-0.2, -0.15) is 0 Å². The van der Waals surface area contributed by atoms with E-state index < -0.39 is 0 Å². The second-order valence-corrected chi connectivity index (χ2v) is 5.79. The van der Waals surface area contributed by atoms with Gasteiger partial charge < -0.3 is 16.2 Å². The van der Waals surface area contributed by atoms with Crippen molar-refractivity contribution in [3.8, 4) is 0 Å².